The molecule has 0 unspecified atom stereocenters. The minimum atomic E-state index is -0.690. The van der Waals surface area contributed by atoms with Gasteiger partial charge in [0.15, 0.2) is 16.6 Å². The first-order valence-electron chi connectivity index (χ1n) is 8.86. The third-order valence-electron chi connectivity index (χ3n) is 4.23. The van der Waals surface area contributed by atoms with E-state index in [4.69, 9.17) is 4.74 Å². The molecule has 2 N–H and O–H groups in total. The number of rotatable bonds is 5. The molecule has 0 bridgehead atoms. The second-order valence-electron chi connectivity index (χ2n) is 6.16. The van der Waals surface area contributed by atoms with Gasteiger partial charge in [-0.3, -0.25) is 14.9 Å². The van der Waals surface area contributed by atoms with Crippen LogP contribution in [0.3, 0.4) is 0 Å². The van der Waals surface area contributed by atoms with Crippen LogP contribution in [0.1, 0.15) is 10.5 Å². The second kappa shape index (κ2) is 8.18. The van der Waals surface area contributed by atoms with Gasteiger partial charge in [0.25, 0.3) is 11.5 Å². The average Bonchev–Trinajstić information content (AvgIpc) is 3.23. The molecule has 0 aliphatic heterocycles. The molecule has 0 aliphatic rings. The van der Waals surface area contributed by atoms with Crippen molar-refractivity contribution in [1.82, 2.24) is 14.8 Å². The van der Waals surface area contributed by atoms with Gasteiger partial charge >= 0.3 is 0 Å². The van der Waals surface area contributed by atoms with Gasteiger partial charge in [-0.1, -0.05) is 42.5 Å². The van der Waals surface area contributed by atoms with Gasteiger partial charge in [-0.25, -0.2) is 4.98 Å². The summed E-state index contributed by atoms with van der Waals surface area (Å²) in [5, 5.41) is 19.0. The van der Waals surface area contributed by atoms with Crippen LogP contribution in [0, 0.1) is 0 Å². The molecular weight excluding hydrogens is 404 g/mol. The van der Waals surface area contributed by atoms with Gasteiger partial charge in [-0.05, 0) is 12.1 Å². The number of anilines is 1. The predicted octanol–water partition coefficient (Wildman–Crippen LogP) is 3.32. The number of amides is 1. The topological polar surface area (TPSA) is 106 Å². The molecule has 0 aliphatic carbocycles. The number of para-hydroxylation sites is 2. The zero-order valence-electron chi connectivity index (χ0n) is 15.8. The zero-order valence-corrected chi connectivity index (χ0v) is 16.6. The molecular formula is C21H16N4O4S. The van der Waals surface area contributed by atoms with Crippen LogP contribution in [0.25, 0.3) is 16.9 Å². The van der Waals surface area contributed by atoms with Crippen LogP contribution in [-0.4, -0.2) is 32.9 Å². The number of hydrogen-bond acceptors (Lipinski definition) is 7. The highest BCUT2D eigenvalue weighted by Crippen LogP contribution is 2.26. The number of carbonyl (C=O) groups is 1. The Labute approximate surface area is 175 Å². The number of nitrogens with zero attached hydrogens (tertiary/aromatic N) is 3. The highest BCUT2D eigenvalue weighted by Gasteiger charge is 2.19. The molecule has 150 valence electrons. The van der Waals surface area contributed by atoms with Crippen LogP contribution in [0.2, 0.25) is 0 Å². The lowest BCUT2D eigenvalue weighted by atomic mass is 10.2. The fraction of sp³-hybridized carbons (Fsp3) is 0.0476. The molecule has 0 spiro atoms. The van der Waals surface area contributed by atoms with Gasteiger partial charge in [-0.15, -0.1) is 11.3 Å². The SMILES string of the molecule is COc1ccccc1-n1nc(C(=O)Nc2nc(-c3ccccc3)cs2)c(O)cc1=O. The summed E-state index contributed by atoms with van der Waals surface area (Å²) in [5.41, 5.74) is 1.07. The molecule has 2 heterocycles. The number of benzene rings is 2. The lowest BCUT2D eigenvalue weighted by molar-refractivity contribution is 0.101. The molecule has 9 heteroatoms. The van der Waals surface area contributed by atoms with E-state index in [2.05, 4.69) is 15.4 Å². The number of nitrogens with one attached hydrogen (secondary N) is 1. The Morgan fingerprint density at radius 1 is 1.13 bits per heavy atom. The van der Waals surface area contributed by atoms with Crippen molar-refractivity contribution in [2.45, 2.75) is 0 Å². The van der Waals surface area contributed by atoms with Gasteiger partial charge in [0.2, 0.25) is 0 Å². The van der Waals surface area contributed by atoms with Gasteiger partial charge in [-0.2, -0.15) is 9.78 Å². The standard InChI is InChI=1S/C21H16N4O4S/c1-29-17-10-6-5-9-15(17)25-18(27)11-16(26)19(24-25)20(28)23-21-22-14(12-30-21)13-7-3-2-4-8-13/h2-12,26H,1H3,(H,22,23,28). The monoisotopic (exact) mass is 420 g/mol. The molecule has 0 saturated heterocycles. The highest BCUT2D eigenvalue weighted by atomic mass is 32.1. The van der Waals surface area contributed by atoms with Crippen molar-refractivity contribution in [2.75, 3.05) is 12.4 Å². The quantitative estimate of drug-likeness (QED) is 0.513. The fourth-order valence-electron chi connectivity index (χ4n) is 2.82. The molecule has 2 aromatic heterocycles. The largest absolute Gasteiger partial charge is 0.505 e. The van der Waals surface area contributed by atoms with E-state index in [1.807, 2.05) is 35.7 Å². The van der Waals surface area contributed by atoms with Crippen LogP contribution in [-0.2, 0) is 0 Å². The van der Waals surface area contributed by atoms with Crippen LogP contribution >= 0.6 is 11.3 Å². The van der Waals surface area contributed by atoms with Gasteiger partial charge in [0.05, 0.1) is 12.8 Å². The normalized spacial score (nSPS) is 10.6. The van der Waals surface area contributed by atoms with Crippen molar-refractivity contribution in [3.8, 4) is 28.4 Å². The molecule has 1 amide bonds. The van der Waals surface area contributed by atoms with Crippen molar-refractivity contribution in [1.29, 1.82) is 0 Å². The van der Waals surface area contributed by atoms with Crippen LogP contribution < -0.4 is 15.6 Å². The zero-order chi connectivity index (χ0) is 21.1. The maximum atomic E-state index is 12.7. The molecule has 0 atom stereocenters. The molecule has 2 aromatic carbocycles. The van der Waals surface area contributed by atoms with Crippen LogP contribution in [0.15, 0.2) is 70.8 Å². The Kier molecular flexibility index (Phi) is 5.27. The molecule has 8 nitrogen and oxygen atoms in total. The van der Waals surface area contributed by atoms with E-state index < -0.39 is 17.2 Å². The van der Waals surface area contributed by atoms with E-state index in [0.717, 1.165) is 16.3 Å². The van der Waals surface area contributed by atoms with E-state index in [1.165, 1.54) is 18.4 Å². The average molecular weight is 420 g/mol. The predicted molar refractivity (Wildman–Crippen MR) is 114 cm³/mol. The molecule has 0 saturated carbocycles. The van der Waals surface area contributed by atoms with Crippen LogP contribution in [0.5, 0.6) is 11.5 Å². The van der Waals surface area contributed by atoms with Gasteiger partial charge < -0.3 is 9.84 Å². The molecule has 4 aromatic rings. The van der Waals surface area contributed by atoms with E-state index in [0.29, 0.717) is 22.3 Å². The second-order valence-corrected chi connectivity index (χ2v) is 7.02. The molecule has 30 heavy (non-hydrogen) atoms. The van der Waals surface area contributed by atoms with Crippen molar-refractivity contribution in [3.63, 3.8) is 0 Å². The summed E-state index contributed by atoms with van der Waals surface area (Å²) in [6, 6.07) is 17.2. The number of methoxy groups -OCH3 is 1. The first-order valence-corrected chi connectivity index (χ1v) is 9.74. The highest BCUT2D eigenvalue weighted by molar-refractivity contribution is 7.14. The summed E-state index contributed by atoms with van der Waals surface area (Å²) in [7, 11) is 1.46. The molecule has 0 fully saturated rings. The lowest BCUT2D eigenvalue weighted by Gasteiger charge is -2.11. The Morgan fingerprint density at radius 3 is 2.63 bits per heavy atom. The number of aromatic hydroxyl groups is 1. The maximum Gasteiger partial charge on any atom is 0.281 e. The van der Waals surface area contributed by atoms with Gasteiger partial charge in [0.1, 0.15) is 11.4 Å². The number of thiazole rings is 1. The Balaban J connectivity index is 1.65. The lowest BCUT2D eigenvalue weighted by Crippen LogP contribution is -2.25. The number of aromatic nitrogens is 3. The third kappa shape index (κ3) is 3.78. The summed E-state index contributed by atoms with van der Waals surface area (Å²) in [6.45, 7) is 0. The Hall–Kier alpha value is -3.98. The first-order chi connectivity index (χ1) is 14.6. The van der Waals surface area contributed by atoms with Gasteiger partial charge in [0, 0.05) is 17.0 Å². The summed E-state index contributed by atoms with van der Waals surface area (Å²) < 4.78 is 6.26. The Bertz CT molecular complexity index is 1270. The number of carbonyl (C=O) groups excluding carboxylic acids is 1. The number of hydrogen-bond donors (Lipinski definition) is 2. The molecule has 0 radical (unpaired) electrons. The minimum Gasteiger partial charge on any atom is -0.505 e. The number of ether oxygens (including phenoxy) is 1. The smallest absolute Gasteiger partial charge is 0.281 e. The van der Waals surface area contributed by atoms with E-state index in [1.54, 1.807) is 24.3 Å². The summed E-state index contributed by atoms with van der Waals surface area (Å²) in [4.78, 5) is 29.5. The fourth-order valence-corrected chi connectivity index (χ4v) is 3.53. The van der Waals surface area contributed by atoms with Crippen LogP contribution in [0.4, 0.5) is 5.13 Å². The van der Waals surface area contributed by atoms with E-state index >= 15 is 0 Å². The van der Waals surface area contributed by atoms with Crippen molar-refractivity contribution >= 4 is 22.4 Å². The summed E-state index contributed by atoms with van der Waals surface area (Å²) in [5.74, 6) is -0.815. The van der Waals surface area contributed by atoms with E-state index in [9.17, 15) is 14.7 Å². The van der Waals surface area contributed by atoms with Crippen molar-refractivity contribution in [3.05, 3.63) is 82.1 Å². The summed E-state index contributed by atoms with van der Waals surface area (Å²) in [6.07, 6.45) is 0. The minimum absolute atomic E-state index is 0.308. The third-order valence-corrected chi connectivity index (χ3v) is 4.99. The van der Waals surface area contributed by atoms with E-state index in [-0.39, 0.29) is 5.69 Å². The van der Waals surface area contributed by atoms with Crippen molar-refractivity contribution < 1.29 is 14.6 Å². The summed E-state index contributed by atoms with van der Waals surface area (Å²) >= 11 is 1.24. The van der Waals surface area contributed by atoms with Crippen molar-refractivity contribution in [2.24, 2.45) is 0 Å². The maximum absolute atomic E-state index is 12.7. The molecule has 4 rings (SSSR count). The first kappa shape index (κ1) is 19.3. The Morgan fingerprint density at radius 2 is 1.87 bits per heavy atom.